The van der Waals surface area contributed by atoms with Gasteiger partial charge < -0.3 is 16.2 Å². The Kier molecular flexibility index (Phi) is 6.39. The minimum Gasteiger partial charge on any atom is -0.382 e. The molecular weight excluding hydrogens is 473 g/mol. The Labute approximate surface area is 195 Å². The Morgan fingerprint density at radius 3 is 2.54 bits per heavy atom. The first-order valence-corrected chi connectivity index (χ1v) is 10.2. The summed E-state index contributed by atoms with van der Waals surface area (Å²) in [6, 6.07) is 9.05. The molecule has 182 valence electrons. The summed E-state index contributed by atoms with van der Waals surface area (Å²) < 4.78 is 72.3. The van der Waals surface area contributed by atoms with Gasteiger partial charge in [-0.1, -0.05) is 24.3 Å². The molecule has 0 bridgehead atoms. The van der Waals surface area contributed by atoms with Crippen molar-refractivity contribution in [1.82, 2.24) is 19.9 Å². The number of nitrogens with zero attached hydrogens (tertiary/aromatic N) is 3. The van der Waals surface area contributed by atoms with Gasteiger partial charge in [-0.2, -0.15) is 4.98 Å². The molecule has 4 aromatic rings. The Morgan fingerprint density at radius 1 is 1.14 bits per heavy atom. The van der Waals surface area contributed by atoms with Crippen LogP contribution in [0.15, 0.2) is 54.7 Å². The van der Waals surface area contributed by atoms with Crippen molar-refractivity contribution in [1.29, 1.82) is 0 Å². The number of nitrogens with one attached hydrogen (secondary N) is 1. The van der Waals surface area contributed by atoms with Gasteiger partial charge in [-0.3, -0.25) is 4.79 Å². The van der Waals surface area contributed by atoms with E-state index in [0.717, 1.165) is 24.3 Å². The summed E-state index contributed by atoms with van der Waals surface area (Å²) in [5, 5.41) is 15.7. The van der Waals surface area contributed by atoms with Crippen molar-refractivity contribution in [3.8, 4) is 11.1 Å². The normalized spacial score (nSPS) is 12.6. The number of aliphatic hydroxyl groups excluding tert-OH is 1. The minimum absolute atomic E-state index is 0.0146. The first-order valence-electron chi connectivity index (χ1n) is 10.2. The fraction of sp³-hybridized carbons (Fsp3) is 0.174. The molecule has 0 aliphatic heterocycles. The predicted octanol–water partition coefficient (Wildman–Crippen LogP) is 3.82. The van der Waals surface area contributed by atoms with E-state index in [1.807, 2.05) is 5.32 Å². The second-order valence-corrected chi connectivity index (χ2v) is 7.68. The number of pyridine rings is 1. The topological polar surface area (TPSA) is 106 Å². The Hall–Kier alpha value is -4.06. The van der Waals surface area contributed by atoms with Crippen LogP contribution in [-0.4, -0.2) is 38.1 Å². The van der Waals surface area contributed by atoms with Gasteiger partial charge in [-0.05, 0) is 41.0 Å². The standard InChI is InChI=1S/C23H18F5N5O2/c24-10-14-3-6-16(13-7-8-33-17(9-13)31-22(29)32-33)19(26)18(14)21(35)30-11-23(27,28)20(34)12-1-4-15(25)5-2-12/h1-9,20,34H,10-11H2,(H2,29,32)(H,30,35)/t20-/m0/s1. The van der Waals surface area contributed by atoms with Crippen molar-refractivity contribution in [2.75, 3.05) is 12.3 Å². The summed E-state index contributed by atoms with van der Waals surface area (Å²) in [5.41, 5.74) is 4.60. The second-order valence-electron chi connectivity index (χ2n) is 7.68. The zero-order valence-corrected chi connectivity index (χ0v) is 17.9. The van der Waals surface area contributed by atoms with Crippen LogP contribution >= 0.6 is 0 Å². The van der Waals surface area contributed by atoms with Crippen molar-refractivity contribution in [2.45, 2.75) is 18.7 Å². The van der Waals surface area contributed by atoms with Crippen molar-refractivity contribution < 1.29 is 31.9 Å². The lowest BCUT2D eigenvalue weighted by Gasteiger charge is -2.23. The maximum Gasteiger partial charge on any atom is 0.294 e. The van der Waals surface area contributed by atoms with Crippen molar-refractivity contribution in [3.05, 3.63) is 83.1 Å². The highest BCUT2D eigenvalue weighted by atomic mass is 19.3. The minimum atomic E-state index is -3.89. The van der Waals surface area contributed by atoms with E-state index in [2.05, 4.69) is 10.1 Å². The third kappa shape index (κ3) is 4.78. The van der Waals surface area contributed by atoms with Gasteiger partial charge in [0.2, 0.25) is 5.95 Å². The van der Waals surface area contributed by atoms with E-state index in [0.29, 0.717) is 0 Å². The summed E-state index contributed by atoms with van der Waals surface area (Å²) in [6.07, 6.45) is -0.921. The number of halogens is 5. The molecule has 1 amide bonds. The van der Waals surface area contributed by atoms with E-state index in [4.69, 9.17) is 5.73 Å². The third-order valence-electron chi connectivity index (χ3n) is 5.33. The van der Waals surface area contributed by atoms with Crippen molar-refractivity contribution in [3.63, 3.8) is 0 Å². The van der Waals surface area contributed by atoms with Crippen molar-refractivity contribution >= 4 is 17.5 Å². The monoisotopic (exact) mass is 491 g/mol. The first-order chi connectivity index (χ1) is 16.6. The lowest BCUT2D eigenvalue weighted by Crippen LogP contribution is -2.41. The summed E-state index contributed by atoms with van der Waals surface area (Å²) in [4.78, 5) is 16.6. The molecule has 2 aromatic carbocycles. The van der Waals surface area contributed by atoms with E-state index in [1.54, 1.807) is 0 Å². The highest BCUT2D eigenvalue weighted by Crippen LogP contribution is 2.32. The predicted molar refractivity (Wildman–Crippen MR) is 116 cm³/mol. The van der Waals surface area contributed by atoms with E-state index in [-0.39, 0.29) is 33.8 Å². The van der Waals surface area contributed by atoms with Gasteiger partial charge in [0.05, 0.1) is 12.1 Å². The molecule has 0 spiro atoms. The lowest BCUT2D eigenvalue weighted by molar-refractivity contribution is -0.106. The fourth-order valence-corrected chi connectivity index (χ4v) is 3.53. The summed E-state index contributed by atoms with van der Waals surface area (Å²) in [7, 11) is 0. The number of aliphatic hydroxyl groups is 1. The summed E-state index contributed by atoms with van der Waals surface area (Å²) >= 11 is 0. The number of alkyl halides is 3. The molecule has 35 heavy (non-hydrogen) atoms. The van der Waals surface area contributed by atoms with Crippen LogP contribution < -0.4 is 11.1 Å². The fourth-order valence-electron chi connectivity index (χ4n) is 3.53. The third-order valence-corrected chi connectivity index (χ3v) is 5.33. The average molecular weight is 491 g/mol. The molecule has 0 saturated carbocycles. The largest absolute Gasteiger partial charge is 0.382 e. The second kappa shape index (κ2) is 9.29. The zero-order chi connectivity index (χ0) is 25.3. The number of hydrogen-bond donors (Lipinski definition) is 3. The average Bonchev–Trinajstić information content (AvgIpc) is 3.21. The molecular formula is C23H18F5N5O2. The maximum atomic E-state index is 15.4. The van der Waals surface area contributed by atoms with Gasteiger partial charge in [0.25, 0.3) is 11.8 Å². The van der Waals surface area contributed by atoms with Crippen LogP contribution in [0, 0.1) is 11.6 Å². The molecule has 2 aromatic heterocycles. The molecule has 12 heteroatoms. The number of carbonyl (C=O) groups is 1. The van der Waals surface area contributed by atoms with Gasteiger partial charge >= 0.3 is 0 Å². The van der Waals surface area contributed by atoms with E-state index < -0.39 is 48.4 Å². The molecule has 0 unspecified atom stereocenters. The van der Waals surface area contributed by atoms with Gasteiger partial charge in [0, 0.05) is 11.8 Å². The van der Waals surface area contributed by atoms with Gasteiger partial charge in [0.1, 0.15) is 24.4 Å². The molecule has 7 nitrogen and oxygen atoms in total. The van der Waals surface area contributed by atoms with Crippen LogP contribution in [0.3, 0.4) is 0 Å². The van der Waals surface area contributed by atoms with Crippen molar-refractivity contribution in [2.24, 2.45) is 0 Å². The molecule has 4 N–H and O–H groups in total. The molecule has 0 aliphatic rings. The molecule has 4 rings (SSSR count). The molecule has 0 radical (unpaired) electrons. The number of carbonyl (C=O) groups excluding carboxylic acids is 1. The Balaban J connectivity index is 1.60. The SMILES string of the molecule is Nc1nc2cc(-c3ccc(CF)c(C(=O)NCC(F)(F)[C@@H](O)c4ccc(F)cc4)c3F)ccn2n1. The number of hydrogen-bond acceptors (Lipinski definition) is 5. The van der Waals surface area contributed by atoms with Gasteiger partial charge in [-0.25, -0.2) is 26.5 Å². The van der Waals surface area contributed by atoms with Gasteiger partial charge in [-0.15, -0.1) is 5.10 Å². The van der Waals surface area contributed by atoms with Crippen LogP contribution in [-0.2, 0) is 6.67 Å². The summed E-state index contributed by atoms with van der Waals surface area (Å²) in [6.45, 7) is -2.61. The van der Waals surface area contributed by atoms with Gasteiger partial charge in [0.15, 0.2) is 5.65 Å². The zero-order valence-electron chi connectivity index (χ0n) is 17.9. The van der Waals surface area contributed by atoms with E-state index in [1.165, 1.54) is 35.0 Å². The lowest BCUT2D eigenvalue weighted by atomic mass is 9.98. The number of benzene rings is 2. The number of fused-ring (bicyclic) bond motifs is 1. The Morgan fingerprint density at radius 2 is 1.86 bits per heavy atom. The van der Waals surface area contributed by atoms with Crippen LogP contribution in [0.25, 0.3) is 16.8 Å². The first kappa shape index (κ1) is 24.1. The number of nitrogen functional groups attached to an aromatic ring is 1. The number of rotatable bonds is 7. The highest BCUT2D eigenvalue weighted by molar-refractivity contribution is 5.97. The Bertz CT molecular complexity index is 1390. The smallest absolute Gasteiger partial charge is 0.294 e. The molecule has 0 fully saturated rings. The molecule has 0 aliphatic carbocycles. The molecule has 0 saturated heterocycles. The highest BCUT2D eigenvalue weighted by Gasteiger charge is 2.40. The maximum absolute atomic E-state index is 15.4. The van der Waals surface area contributed by atoms with E-state index in [9.17, 15) is 27.5 Å². The number of amides is 1. The number of anilines is 1. The van der Waals surface area contributed by atoms with Crippen LogP contribution in [0.4, 0.5) is 27.9 Å². The number of nitrogens with two attached hydrogens (primary N) is 1. The molecule has 2 heterocycles. The van der Waals surface area contributed by atoms with Crippen LogP contribution in [0.1, 0.15) is 27.6 Å². The number of aromatic nitrogens is 3. The van der Waals surface area contributed by atoms with E-state index >= 15 is 4.39 Å². The molecule has 1 atom stereocenters. The van der Waals surface area contributed by atoms with Crippen LogP contribution in [0.5, 0.6) is 0 Å². The summed E-state index contributed by atoms with van der Waals surface area (Å²) in [5.74, 6) is -7.01. The quantitative estimate of drug-likeness (QED) is 0.341. The van der Waals surface area contributed by atoms with Crippen LogP contribution in [0.2, 0.25) is 0 Å².